The number of phenolic OH excluding ortho intramolecular Hbond substituents is 2. The molecule has 3 rings (SSSR count). The van der Waals surface area contributed by atoms with Gasteiger partial charge in [-0.15, -0.1) is 0 Å². The highest BCUT2D eigenvalue weighted by Crippen LogP contribution is 2.22. The van der Waals surface area contributed by atoms with Crippen LogP contribution in [0.2, 0.25) is 5.02 Å². The number of hydrazone groups is 1. The maximum atomic E-state index is 12.0. The van der Waals surface area contributed by atoms with Crippen LogP contribution in [0, 0.1) is 0 Å². The molecule has 0 radical (unpaired) electrons. The van der Waals surface area contributed by atoms with E-state index in [4.69, 9.17) is 16.3 Å². The summed E-state index contributed by atoms with van der Waals surface area (Å²) in [4.78, 5) is 12.0. The first kappa shape index (κ1) is 19.3. The summed E-state index contributed by atoms with van der Waals surface area (Å²) in [6.45, 7) is 0.397. The van der Waals surface area contributed by atoms with Crippen LogP contribution in [-0.4, -0.2) is 22.3 Å². The first-order chi connectivity index (χ1) is 13.5. The van der Waals surface area contributed by atoms with Crippen LogP contribution in [0.1, 0.15) is 21.5 Å². The monoisotopic (exact) mass is 396 g/mol. The van der Waals surface area contributed by atoms with E-state index in [0.29, 0.717) is 17.4 Å². The summed E-state index contributed by atoms with van der Waals surface area (Å²) in [5.41, 5.74) is 4.05. The van der Waals surface area contributed by atoms with E-state index in [1.54, 1.807) is 18.2 Å². The fraction of sp³-hybridized carbons (Fsp3) is 0.0476. The van der Waals surface area contributed by atoms with Gasteiger partial charge < -0.3 is 14.9 Å². The molecule has 0 saturated heterocycles. The SMILES string of the molecule is O=C(NN=Cc1cccc(OCc2ccc(Cl)cc2)c1)c1ccc(O)cc1O. The van der Waals surface area contributed by atoms with Gasteiger partial charge >= 0.3 is 0 Å². The van der Waals surface area contributed by atoms with Crippen molar-refractivity contribution in [3.8, 4) is 17.2 Å². The van der Waals surface area contributed by atoms with Gasteiger partial charge in [0.15, 0.2) is 0 Å². The lowest BCUT2D eigenvalue weighted by atomic mass is 10.2. The molecule has 0 bridgehead atoms. The van der Waals surface area contributed by atoms with Gasteiger partial charge in [0, 0.05) is 11.1 Å². The molecule has 0 fully saturated rings. The lowest BCUT2D eigenvalue weighted by Gasteiger charge is -2.07. The van der Waals surface area contributed by atoms with Crippen LogP contribution < -0.4 is 10.2 Å². The van der Waals surface area contributed by atoms with Crippen LogP contribution >= 0.6 is 11.6 Å². The number of benzene rings is 3. The zero-order valence-corrected chi connectivity index (χ0v) is 15.4. The van der Waals surface area contributed by atoms with Crippen molar-refractivity contribution in [3.05, 3.63) is 88.4 Å². The van der Waals surface area contributed by atoms with Crippen molar-refractivity contribution in [1.29, 1.82) is 0 Å². The van der Waals surface area contributed by atoms with E-state index in [1.165, 1.54) is 18.3 Å². The summed E-state index contributed by atoms with van der Waals surface area (Å²) in [5, 5.41) is 23.5. The minimum absolute atomic E-state index is 0.00926. The maximum Gasteiger partial charge on any atom is 0.275 e. The van der Waals surface area contributed by atoms with Crippen LogP contribution in [-0.2, 0) is 6.61 Å². The summed E-state index contributed by atoms with van der Waals surface area (Å²) in [5.74, 6) is -0.399. The van der Waals surface area contributed by atoms with Gasteiger partial charge in [-0.3, -0.25) is 4.79 Å². The summed E-state index contributed by atoms with van der Waals surface area (Å²) in [7, 11) is 0. The van der Waals surface area contributed by atoms with Crippen molar-refractivity contribution >= 4 is 23.7 Å². The molecule has 6 nitrogen and oxygen atoms in total. The molecule has 7 heteroatoms. The lowest BCUT2D eigenvalue weighted by molar-refractivity contribution is 0.0952. The van der Waals surface area contributed by atoms with Crippen molar-refractivity contribution in [2.75, 3.05) is 0 Å². The zero-order chi connectivity index (χ0) is 19.9. The molecule has 28 heavy (non-hydrogen) atoms. The summed E-state index contributed by atoms with van der Waals surface area (Å²) in [6, 6.07) is 18.3. The van der Waals surface area contributed by atoms with Gasteiger partial charge in [0.2, 0.25) is 0 Å². The molecule has 0 atom stereocenters. The van der Waals surface area contributed by atoms with Crippen LogP contribution in [0.5, 0.6) is 17.2 Å². The fourth-order valence-electron chi connectivity index (χ4n) is 2.37. The molecule has 1 amide bonds. The second-order valence-electron chi connectivity index (χ2n) is 5.89. The second kappa shape index (κ2) is 8.92. The van der Waals surface area contributed by atoms with Gasteiger partial charge in [0.05, 0.1) is 11.8 Å². The van der Waals surface area contributed by atoms with Crippen molar-refractivity contribution in [2.45, 2.75) is 6.61 Å². The average molecular weight is 397 g/mol. The highest BCUT2D eigenvalue weighted by molar-refractivity contribution is 6.30. The summed E-state index contributed by atoms with van der Waals surface area (Å²) >= 11 is 5.86. The van der Waals surface area contributed by atoms with Gasteiger partial charge in [-0.25, -0.2) is 5.43 Å². The Morgan fingerprint density at radius 1 is 1.07 bits per heavy atom. The number of carbonyl (C=O) groups is 1. The normalized spacial score (nSPS) is 10.8. The Kier molecular flexibility index (Phi) is 6.14. The van der Waals surface area contributed by atoms with Crippen LogP contribution in [0.3, 0.4) is 0 Å². The molecule has 0 aliphatic carbocycles. The molecular formula is C21H17ClN2O4. The Morgan fingerprint density at radius 3 is 2.61 bits per heavy atom. The van der Waals surface area contributed by atoms with Gasteiger partial charge in [-0.1, -0.05) is 35.9 Å². The third-order valence-corrected chi connectivity index (χ3v) is 4.03. The molecule has 3 N–H and O–H groups in total. The van der Waals surface area contributed by atoms with Gasteiger partial charge in [-0.05, 0) is 47.5 Å². The number of rotatable bonds is 6. The molecule has 3 aromatic carbocycles. The Bertz CT molecular complexity index is 1000. The van der Waals surface area contributed by atoms with Gasteiger partial charge in [-0.2, -0.15) is 5.10 Å². The smallest absolute Gasteiger partial charge is 0.275 e. The van der Waals surface area contributed by atoms with Crippen LogP contribution in [0.25, 0.3) is 0 Å². The second-order valence-corrected chi connectivity index (χ2v) is 6.32. The van der Waals surface area contributed by atoms with Crippen molar-refractivity contribution in [1.82, 2.24) is 5.43 Å². The topological polar surface area (TPSA) is 91.2 Å². The molecule has 0 saturated carbocycles. The van der Waals surface area contributed by atoms with E-state index in [0.717, 1.165) is 17.2 Å². The molecule has 0 aliphatic heterocycles. The number of carbonyl (C=O) groups excluding carboxylic acids is 1. The van der Waals surface area contributed by atoms with Crippen LogP contribution in [0.4, 0.5) is 0 Å². The standard InChI is InChI=1S/C21H17ClN2O4/c22-16-6-4-14(5-7-16)13-28-18-3-1-2-15(10-18)12-23-24-21(27)19-9-8-17(25)11-20(19)26/h1-12,25-26H,13H2,(H,24,27). The Balaban J connectivity index is 1.59. The van der Waals surface area contributed by atoms with Crippen LogP contribution in [0.15, 0.2) is 71.8 Å². The number of nitrogens with zero attached hydrogens (tertiary/aromatic N) is 1. The average Bonchev–Trinajstić information content (AvgIpc) is 2.68. The minimum Gasteiger partial charge on any atom is -0.508 e. The van der Waals surface area contributed by atoms with E-state index in [9.17, 15) is 15.0 Å². The van der Waals surface area contributed by atoms with E-state index >= 15 is 0 Å². The number of halogens is 1. The third-order valence-electron chi connectivity index (χ3n) is 3.78. The highest BCUT2D eigenvalue weighted by atomic mass is 35.5. The highest BCUT2D eigenvalue weighted by Gasteiger charge is 2.10. The maximum absolute atomic E-state index is 12.0. The number of hydrogen-bond donors (Lipinski definition) is 3. The number of amides is 1. The molecule has 0 aliphatic rings. The molecule has 0 spiro atoms. The van der Waals surface area contributed by atoms with E-state index in [1.807, 2.05) is 30.3 Å². The van der Waals surface area contributed by atoms with Gasteiger partial charge in [0.1, 0.15) is 23.9 Å². The Labute approximate surface area is 166 Å². The fourth-order valence-corrected chi connectivity index (χ4v) is 2.50. The largest absolute Gasteiger partial charge is 0.508 e. The third kappa shape index (κ3) is 5.25. The quantitative estimate of drug-likeness (QED) is 0.432. The molecular weight excluding hydrogens is 380 g/mol. The van der Waals surface area contributed by atoms with Crippen molar-refractivity contribution in [2.24, 2.45) is 5.10 Å². The predicted molar refractivity (Wildman–Crippen MR) is 107 cm³/mol. The number of nitrogens with one attached hydrogen (secondary N) is 1. The van der Waals surface area contributed by atoms with Gasteiger partial charge in [0.25, 0.3) is 5.91 Å². The molecule has 0 heterocycles. The minimum atomic E-state index is -0.594. The molecule has 3 aromatic rings. The molecule has 142 valence electrons. The number of aromatic hydroxyl groups is 2. The number of hydrogen-bond acceptors (Lipinski definition) is 5. The molecule has 0 unspecified atom stereocenters. The summed E-state index contributed by atoms with van der Waals surface area (Å²) in [6.07, 6.45) is 1.46. The van der Waals surface area contributed by atoms with E-state index in [-0.39, 0.29) is 17.1 Å². The molecule has 0 aromatic heterocycles. The van der Waals surface area contributed by atoms with Crippen molar-refractivity contribution < 1.29 is 19.7 Å². The zero-order valence-electron chi connectivity index (χ0n) is 14.7. The lowest BCUT2D eigenvalue weighted by Crippen LogP contribution is -2.17. The first-order valence-corrected chi connectivity index (χ1v) is 8.72. The number of phenols is 2. The Hall–Kier alpha value is -3.51. The number of ether oxygens (including phenoxy) is 1. The Morgan fingerprint density at radius 2 is 1.86 bits per heavy atom. The van der Waals surface area contributed by atoms with E-state index in [2.05, 4.69) is 10.5 Å². The van der Waals surface area contributed by atoms with E-state index < -0.39 is 5.91 Å². The summed E-state index contributed by atoms with van der Waals surface area (Å²) < 4.78 is 5.75. The van der Waals surface area contributed by atoms with Crippen molar-refractivity contribution in [3.63, 3.8) is 0 Å². The first-order valence-electron chi connectivity index (χ1n) is 8.34. The predicted octanol–water partition coefficient (Wildman–Crippen LogP) is 4.09.